The van der Waals surface area contributed by atoms with E-state index >= 15 is 0 Å². The Balaban J connectivity index is 1.27. The minimum absolute atomic E-state index is 0.0324. The van der Waals surface area contributed by atoms with Crippen molar-refractivity contribution in [2.75, 3.05) is 13.2 Å². The number of aromatic amines is 1. The minimum atomic E-state index is -0.427. The average Bonchev–Trinajstić information content (AvgIpc) is 3.49. The van der Waals surface area contributed by atoms with Gasteiger partial charge in [-0.15, -0.1) is 11.3 Å². The normalized spacial score (nSPS) is 12.1. The second-order valence-corrected chi connectivity index (χ2v) is 8.38. The molecule has 1 atom stereocenters. The first-order chi connectivity index (χ1) is 15.7. The van der Waals surface area contributed by atoms with E-state index in [1.165, 1.54) is 10.9 Å². The van der Waals surface area contributed by atoms with Crippen LogP contribution in [-0.2, 0) is 4.79 Å². The van der Waals surface area contributed by atoms with Crippen LogP contribution in [0.25, 0.3) is 21.9 Å². The van der Waals surface area contributed by atoms with Crippen molar-refractivity contribution in [1.29, 1.82) is 0 Å². The molecule has 32 heavy (non-hydrogen) atoms. The van der Waals surface area contributed by atoms with Gasteiger partial charge in [0.05, 0.1) is 0 Å². The Hall–Kier alpha value is -3.84. The van der Waals surface area contributed by atoms with Gasteiger partial charge in [-0.3, -0.25) is 4.79 Å². The molecule has 0 fully saturated rings. The zero-order chi connectivity index (χ0) is 21.9. The summed E-state index contributed by atoms with van der Waals surface area (Å²) >= 11 is 1.67. The van der Waals surface area contributed by atoms with Gasteiger partial charge in [0.2, 0.25) is 0 Å². The van der Waals surface area contributed by atoms with Crippen LogP contribution in [0.1, 0.15) is 16.4 Å². The van der Waals surface area contributed by atoms with Crippen molar-refractivity contribution in [3.63, 3.8) is 0 Å². The topological polar surface area (TPSA) is 84.3 Å². The number of hydrogen-bond donors (Lipinski definition) is 2. The first-order valence-electron chi connectivity index (χ1n) is 10.2. The molecule has 5 aromatic rings. The molecular weight excluding hydrogens is 424 g/mol. The van der Waals surface area contributed by atoms with Gasteiger partial charge in [0.1, 0.15) is 11.3 Å². The van der Waals surface area contributed by atoms with Gasteiger partial charge in [0.25, 0.3) is 5.91 Å². The van der Waals surface area contributed by atoms with Gasteiger partial charge in [0.15, 0.2) is 6.61 Å². The van der Waals surface area contributed by atoms with Gasteiger partial charge in [-0.25, -0.2) is 4.79 Å². The highest BCUT2D eigenvalue weighted by atomic mass is 32.1. The lowest BCUT2D eigenvalue weighted by Crippen LogP contribution is -2.32. The predicted octanol–water partition coefficient (Wildman–Crippen LogP) is 4.66. The maximum atomic E-state index is 12.5. The third-order valence-corrected chi connectivity index (χ3v) is 6.34. The smallest absolute Gasteiger partial charge is 0.336 e. The number of rotatable bonds is 7. The Morgan fingerprint density at radius 1 is 1.09 bits per heavy atom. The molecule has 1 unspecified atom stereocenters. The zero-order valence-corrected chi connectivity index (χ0v) is 17.9. The van der Waals surface area contributed by atoms with Crippen molar-refractivity contribution in [2.45, 2.75) is 5.92 Å². The fourth-order valence-electron chi connectivity index (χ4n) is 3.78. The number of thiophene rings is 1. The fourth-order valence-corrected chi connectivity index (χ4v) is 4.63. The van der Waals surface area contributed by atoms with Gasteiger partial charge < -0.3 is 19.5 Å². The summed E-state index contributed by atoms with van der Waals surface area (Å²) in [7, 11) is 0. The Morgan fingerprint density at radius 3 is 2.84 bits per heavy atom. The third kappa shape index (κ3) is 4.15. The molecule has 2 N–H and O–H groups in total. The number of para-hydroxylation sites is 1. The number of aromatic nitrogens is 1. The van der Waals surface area contributed by atoms with Gasteiger partial charge in [-0.1, -0.05) is 24.3 Å². The molecule has 3 aromatic heterocycles. The number of carbonyl (C=O) groups is 1. The van der Waals surface area contributed by atoms with Crippen LogP contribution in [0.5, 0.6) is 5.75 Å². The zero-order valence-electron chi connectivity index (χ0n) is 17.0. The Morgan fingerprint density at radius 2 is 1.97 bits per heavy atom. The summed E-state index contributed by atoms with van der Waals surface area (Å²) in [6.45, 7) is 0.324. The van der Waals surface area contributed by atoms with Crippen molar-refractivity contribution in [2.24, 2.45) is 0 Å². The summed E-state index contributed by atoms with van der Waals surface area (Å²) in [5.41, 5.74) is 2.22. The van der Waals surface area contributed by atoms with Gasteiger partial charge in [-0.05, 0) is 41.3 Å². The van der Waals surface area contributed by atoms with Crippen molar-refractivity contribution >= 4 is 39.1 Å². The minimum Gasteiger partial charge on any atom is -0.484 e. The lowest BCUT2D eigenvalue weighted by molar-refractivity contribution is -0.123. The molecule has 0 saturated heterocycles. The van der Waals surface area contributed by atoms with E-state index in [0.29, 0.717) is 17.9 Å². The van der Waals surface area contributed by atoms with Crippen LogP contribution in [0.3, 0.4) is 0 Å². The van der Waals surface area contributed by atoms with E-state index in [2.05, 4.69) is 22.4 Å². The summed E-state index contributed by atoms with van der Waals surface area (Å²) in [5.74, 6) is 0.277. The SMILES string of the molecule is O=C(COc1ccc2ccc(=O)oc2c1)NCC(c1cccs1)c1c[nH]c2ccccc12. The average molecular weight is 445 g/mol. The molecule has 0 aliphatic heterocycles. The maximum Gasteiger partial charge on any atom is 0.336 e. The third-order valence-electron chi connectivity index (χ3n) is 5.35. The summed E-state index contributed by atoms with van der Waals surface area (Å²) in [6, 6.07) is 20.5. The van der Waals surface area contributed by atoms with Gasteiger partial charge >= 0.3 is 5.63 Å². The molecule has 2 aromatic carbocycles. The monoisotopic (exact) mass is 444 g/mol. The molecule has 1 amide bonds. The van der Waals surface area contributed by atoms with Crippen LogP contribution in [0.4, 0.5) is 0 Å². The first kappa shape index (κ1) is 20.1. The standard InChI is InChI=1S/C25H20N2O4S/c28-24(15-30-17-9-7-16-8-10-25(29)31-22(16)12-17)27-14-20(23-6-3-11-32-23)19-13-26-21-5-2-1-4-18(19)21/h1-13,20,26H,14-15H2,(H,27,28). The van der Waals surface area contributed by atoms with Crippen LogP contribution in [-0.4, -0.2) is 24.0 Å². The van der Waals surface area contributed by atoms with E-state index in [1.807, 2.05) is 35.8 Å². The van der Waals surface area contributed by atoms with Crippen LogP contribution in [0.15, 0.2) is 87.5 Å². The quantitative estimate of drug-likeness (QED) is 0.358. The number of nitrogens with one attached hydrogen (secondary N) is 2. The van der Waals surface area contributed by atoms with E-state index in [9.17, 15) is 9.59 Å². The molecule has 5 rings (SSSR count). The maximum absolute atomic E-state index is 12.5. The molecule has 0 aliphatic rings. The van der Waals surface area contributed by atoms with E-state index < -0.39 is 5.63 Å². The Bertz CT molecular complexity index is 1440. The summed E-state index contributed by atoms with van der Waals surface area (Å²) in [4.78, 5) is 28.4. The summed E-state index contributed by atoms with van der Waals surface area (Å²) in [5, 5.41) is 6.98. The number of H-pyrrole nitrogens is 1. The van der Waals surface area contributed by atoms with Crippen molar-refractivity contribution < 1.29 is 13.9 Å². The highest BCUT2D eigenvalue weighted by Gasteiger charge is 2.20. The lowest BCUT2D eigenvalue weighted by Gasteiger charge is -2.16. The number of carbonyl (C=O) groups excluding carboxylic acids is 1. The lowest BCUT2D eigenvalue weighted by atomic mass is 9.96. The second kappa shape index (κ2) is 8.72. The number of fused-ring (bicyclic) bond motifs is 2. The van der Waals surface area contributed by atoms with E-state index in [4.69, 9.17) is 9.15 Å². The molecule has 6 nitrogen and oxygen atoms in total. The molecule has 7 heteroatoms. The molecule has 0 spiro atoms. The van der Waals surface area contributed by atoms with Crippen LogP contribution >= 0.6 is 11.3 Å². The largest absolute Gasteiger partial charge is 0.484 e. The molecule has 160 valence electrons. The van der Waals surface area contributed by atoms with Gasteiger partial charge in [0, 0.05) is 52.0 Å². The van der Waals surface area contributed by atoms with Crippen LogP contribution < -0.4 is 15.7 Å². The van der Waals surface area contributed by atoms with E-state index in [1.54, 1.807) is 35.6 Å². The summed E-state index contributed by atoms with van der Waals surface area (Å²) < 4.78 is 10.8. The Labute approximate surface area is 187 Å². The second-order valence-electron chi connectivity index (χ2n) is 7.40. The van der Waals surface area contributed by atoms with Crippen molar-refractivity contribution in [3.8, 4) is 5.75 Å². The number of benzene rings is 2. The molecular formula is C25H20N2O4S. The first-order valence-corrected chi connectivity index (χ1v) is 11.1. The fraction of sp³-hybridized carbons (Fsp3) is 0.120. The van der Waals surface area contributed by atoms with Crippen molar-refractivity contribution in [1.82, 2.24) is 10.3 Å². The highest BCUT2D eigenvalue weighted by Crippen LogP contribution is 2.32. The number of amides is 1. The molecule has 0 radical (unpaired) electrons. The predicted molar refractivity (Wildman–Crippen MR) is 125 cm³/mol. The van der Waals surface area contributed by atoms with Gasteiger partial charge in [-0.2, -0.15) is 0 Å². The van der Waals surface area contributed by atoms with E-state index in [-0.39, 0.29) is 18.4 Å². The van der Waals surface area contributed by atoms with Crippen molar-refractivity contribution in [3.05, 3.63) is 99.2 Å². The van der Waals surface area contributed by atoms with E-state index in [0.717, 1.165) is 21.9 Å². The molecule has 0 bridgehead atoms. The number of ether oxygens (including phenoxy) is 1. The molecule has 0 saturated carbocycles. The highest BCUT2D eigenvalue weighted by molar-refractivity contribution is 7.10. The van der Waals surface area contributed by atoms with Crippen LogP contribution in [0.2, 0.25) is 0 Å². The van der Waals surface area contributed by atoms with Crippen LogP contribution in [0, 0.1) is 0 Å². The number of hydrogen-bond acceptors (Lipinski definition) is 5. The molecule has 3 heterocycles. The molecule has 0 aliphatic carbocycles. The summed E-state index contributed by atoms with van der Waals surface area (Å²) in [6.07, 6.45) is 2.01. The Kier molecular flexibility index (Phi) is 5.47.